The third kappa shape index (κ3) is 3.40. The van der Waals surface area contributed by atoms with Crippen LogP contribution in [0.2, 0.25) is 5.02 Å². The van der Waals surface area contributed by atoms with Crippen LogP contribution in [-0.4, -0.2) is 19.5 Å². The second kappa shape index (κ2) is 5.98. The third-order valence-corrected chi connectivity index (χ3v) is 4.94. The predicted octanol–water partition coefficient (Wildman–Crippen LogP) is 3.46. The number of hydrogen-bond acceptors (Lipinski definition) is 3. The first kappa shape index (κ1) is 16.3. The molecule has 0 aliphatic heterocycles. The van der Waals surface area contributed by atoms with Gasteiger partial charge in [0.05, 0.1) is 15.5 Å². The van der Waals surface area contributed by atoms with Crippen LogP contribution in [0.3, 0.4) is 0 Å². The van der Waals surface area contributed by atoms with Crippen molar-refractivity contribution >= 4 is 33.3 Å². The number of carboxylic acid groups (broad SMARTS) is 1. The van der Waals surface area contributed by atoms with E-state index >= 15 is 0 Å². The van der Waals surface area contributed by atoms with Crippen LogP contribution in [0.15, 0.2) is 41.3 Å². The number of nitrogens with one attached hydrogen (secondary N) is 1. The second-order valence-corrected chi connectivity index (χ2v) is 6.93. The number of aryl methyl sites for hydroxylation is 2. The summed E-state index contributed by atoms with van der Waals surface area (Å²) in [6.07, 6.45) is 0. The Bertz CT molecular complexity index is 847. The van der Waals surface area contributed by atoms with Gasteiger partial charge in [0.2, 0.25) is 0 Å². The molecule has 2 aromatic carbocycles. The number of carbonyl (C=O) groups is 1. The van der Waals surface area contributed by atoms with Crippen LogP contribution in [0.1, 0.15) is 21.5 Å². The molecule has 0 aliphatic rings. The quantitative estimate of drug-likeness (QED) is 0.893. The Morgan fingerprint density at radius 2 is 1.82 bits per heavy atom. The van der Waals surface area contributed by atoms with Crippen LogP contribution in [-0.2, 0) is 10.0 Å². The van der Waals surface area contributed by atoms with E-state index in [4.69, 9.17) is 16.7 Å². The van der Waals surface area contributed by atoms with Gasteiger partial charge >= 0.3 is 5.97 Å². The number of halogens is 1. The molecule has 0 saturated carbocycles. The Balaban J connectivity index is 2.43. The summed E-state index contributed by atoms with van der Waals surface area (Å²) in [7, 11) is -3.81. The van der Waals surface area contributed by atoms with Gasteiger partial charge in [-0.3, -0.25) is 4.72 Å². The largest absolute Gasteiger partial charge is 0.478 e. The fourth-order valence-corrected chi connectivity index (χ4v) is 3.54. The van der Waals surface area contributed by atoms with E-state index in [9.17, 15) is 13.2 Å². The minimum Gasteiger partial charge on any atom is -0.478 e. The van der Waals surface area contributed by atoms with Gasteiger partial charge in [-0.25, -0.2) is 13.2 Å². The molecule has 2 aromatic rings. The lowest BCUT2D eigenvalue weighted by atomic mass is 10.2. The van der Waals surface area contributed by atoms with Crippen molar-refractivity contribution in [2.45, 2.75) is 18.7 Å². The molecule has 0 bridgehead atoms. The van der Waals surface area contributed by atoms with Gasteiger partial charge in [-0.1, -0.05) is 23.7 Å². The molecule has 0 spiro atoms. The van der Waals surface area contributed by atoms with Crippen LogP contribution in [0.25, 0.3) is 0 Å². The van der Waals surface area contributed by atoms with E-state index in [1.165, 1.54) is 18.2 Å². The van der Waals surface area contributed by atoms with E-state index < -0.39 is 16.0 Å². The summed E-state index contributed by atoms with van der Waals surface area (Å²) < 4.78 is 27.3. The van der Waals surface area contributed by atoms with Gasteiger partial charge in [-0.05, 0) is 49.2 Å². The fraction of sp³-hybridized carbons (Fsp3) is 0.133. The maximum absolute atomic E-state index is 12.4. The normalized spacial score (nSPS) is 11.2. The molecule has 0 fully saturated rings. The molecule has 0 amide bonds. The van der Waals surface area contributed by atoms with E-state index in [1.807, 2.05) is 6.07 Å². The zero-order valence-corrected chi connectivity index (χ0v) is 13.5. The molecular weight excluding hydrogens is 326 g/mol. The summed E-state index contributed by atoms with van der Waals surface area (Å²) >= 11 is 5.77. The minimum absolute atomic E-state index is 0.0437. The second-order valence-electron chi connectivity index (χ2n) is 4.87. The average Bonchev–Trinajstić information content (AvgIpc) is 2.43. The first-order chi connectivity index (χ1) is 10.2. The lowest BCUT2D eigenvalue weighted by Crippen LogP contribution is -2.15. The number of benzene rings is 2. The highest BCUT2D eigenvalue weighted by Gasteiger charge is 2.18. The Morgan fingerprint density at radius 3 is 2.45 bits per heavy atom. The number of aromatic carboxylic acids is 1. The molecule has 0 aliphatic carbocycles. The van der Waals surface area contributed by atoms with Crippen molar-refractivity contribution in [3.63, 3.8) is 0 Å². The topological polar surface area (TPSA) is 83.5 Å². The van der Waals surface area contributed by atoms with Crippen molar-refractivity contribution < 1.29 is 18.3 Å². The average molecular weight is 340 g/mol. The molecule has 116 valence electrons. The molecule has 0 aromatic heterocycles. The highest BCUT2D eigenvalue weighted by molar-refractivity contribution is 7.92. The van der Waals surface area contributed by atoms with Gasteiger partial charge in [-0.15, -0.1) is 0 Å². The van der Waals surface area contributed by atoms with Crippen molar-refractivity contribution in [1.82, 2.24) is 0 Å². The molecule has 2 N–H and O–H groups in total. The molecule has 22 heavy (non-hydrogen) atoms. The molecule has 2 rings (SSSR count). The smallest absolute Gasteiger partial charge is 0.337 e. The van der Waals surface area contributed by atoms with Gasteiger partial charge in [0.25, 0.3) is 10.0 Å². The highest BCUT2D eigenvalue weighted by Crippen LogP contribution is 2.24. The SMILES string of the molecule is Cc1ccc(C)c(S(=O)(=O)Nc2ccc(Cl)c(C(=O)O)c2)c1. The molecule has 0 radical (unpaired) electrons. The predicted molar refractivity (Wildman–Crippen MR) is 85.1 cm³/mol. The van der Waals surface area contributed by atoms with Crippen LogP contribution < -0.4 is 4.72 Å². The maximum atomic E-state index is 12.4. The molecule has 5 nitrogen and oxygen atoms in total. The molecule has 0 atom stereocenters. The number of hydrogen-bond donors (Lipinski definition) is 2. The first-order valence-corrected chi connectivity index (χ1v) is 8.20. The van der Waals surface area contributed by atoms with Crippen LogP contribution in [0.4, 0.5) is 5.69 Å². The van der Waals surface area contributed by atoms with E-state index in [-0.39, 0.29) is 21.2 Å². The van der Waals surface area contributed by atoms with E-state index in [0.29, 0.717) is 5.56 Å². The number of anilines is 1. The molecule has 0 heterocycles. The summed E-state index contributed by atoms with van der Waals surface area (Å²) in [5.74, 6) is -1.22. The van der Waals surface area contributed by atoms with Crippen molar-refractivity contribution in [2.24, 2.45) is 0 Å². The Labute approximate surface area is 133 Å². The van der Waals surface area contributed by atoms with Crippen LogP contribution in [0, 0.1) is 13.8 Å². The lowest BCUT2D eigenvalue weighted by Gasteiger charge is -2.12. The first-order valence-electron chi connectivity index (χ1n) is 6.33. The van der Waals surface area contributed by atoms with Crippen molar-refractivity contribution in [3.05, 3.63) is 58.1 Å². The van der Waals surface area contributed by atoms with Crippen LogP contribution >= 0.6 is 11.6 Å². The minimum atomic E-state index is -3.81. The van der Waals surface area contributed by atoms with Crippen molar-refractivity contribution in [1.29, 1.82) is 0 Å². The molecule has 0 saturated heterocycles. The van der Waals surface area contributed by atoms with Gasteiger partial charge < -0.3 is 5.11 Å². The molecule has 7 heteroatoms. The Morgan fingerprint density at radius 1 is 1.14 bits per heavy atom. The fourth-order valence-electron chi connectivity index (χ4n) is 1.96. The van der Waals surface area contributed by atoms with Gasteiger partial charge in [0.15, 0.2) is 0 Å². The molecule has 0 unspecified atom stereocenters. The maximum Gasteiger partial charge on any atom is 0.337 e. The van der Waals surface area contributed by atoms with Crippen LogP contribution in [0.5, 0.6) is 0 Å². The van der Waals surface area contributed by atoms with E-state index in [2.05, 4.69) is 4.72 Å². The Hall–Kier alpha value is -2.05. The number of carboxylic acids is 1. The number of rotatable bonds is 4. The van der Waals surface area contributed by atoms with Gasteiger partial charge in [0, 0.05) is 5.69 Å². The molecular formula is C15H14ClNO4S. The van der Waals surface area contributed by atoms with E-state index in [1.54, 1.807) is 26.0 Å². The summed E-state index contributed by atoms with van der Waals surface area (Å²) in [5.41, 5.74) is 1.39. The summed E-state index contributed by atoms with van der Waals surface area (Å²) in [5, 5.41) is 9.07. The summed E-state index contributed by atoms with van der Waals surface area (Å²) in [6.45, 7) is 3.49. The highest BCUT2D eigenvalue weighted by atomic mass is 35.5. The summed E-state index contributed by atoms with van der Waals surface area (Å²) in [4.78, 5) is 11.2. The zero-order valence-electron chi connectivity index (χ0n) is 11.9. The van der Waals surface area contributed by atoms with Crippen molar-refractivity contribution in [2.75, 3.05) is 4.72 Å². The zero-order chi connectivity index (χ0) is 16.5. The standard InChI is InChI=1S/C15H14ClNO4S/c1-9-3-4-10(2)14(7-9)22(20,21)17-11-5-6-13(16)12(8-11)15(18)19/h3-8,17H,1-2H3,(H,18,19). The monoisotopic (exact) mass is 339 g/mol. The summed E-state index contributed by atoms with van der Waals surface area (Å²) in [6, 6.07) is 9.04. The number of sulfonamides is 1. The van der Waals surface area contributed by atoms with Gasteiger partial charge in [-0.2, -0.15) is 0 Å². The van der Waals surface area contributed by atoms with E-state index in [0.717, 1.165) is 5.56 Å². The van der Waals surface area contributed by atoms with Crippen molar-refractivity contribution in [3.8, 4) is 0 Å². The lowest BCUT2D eigenvalue weighted by molar-refractivity contribution is 0.0697. The van der Waals surface area contributed by atoms with Gasteiger partial charge in [0.1, 0.15) is 0 Å². The Kier molecular flexibility index (Phi) is 4.44. The third-order valence-electron chi connectivity index (χ3n) is 3.08.